The number of allylic oxidation sites excluding steroid dienone is 1. The minimum Gasteiger partial charge on any atom is -0.514 e. The van der Waals surface area contributed by atoms with Crippen LogP contribution in [0, 0.1) is 5.82 Å². The van der Waals surface area contributed by atoms with E-state index in [9.17, 15) is 9.50 Å². The Morgan fingerprint density at radius 2 is 2.07 bits per heavy atom. The van der Waals surface area contributed by atoms with Gasteiger partial charge in [-0.25, -0.2) is 9.38 Å². The third-order valence-corrected chi connectivity index (χ3v) is 4.23. The van der Waals surface area contributed by atoms with Gasteiger partial charge in [0.15, 0.2) is 0 Å². The maximum Gasteiger partial charge on any atom is 0.201 e. The minimum atomic E-state index is -0.497. The molecule has 2 aromatic rings. The number of rotatable bonds is 4. The number of aliphatic hydroxyl groups excluding tert-OH is 1. The molecule has 0 fully saturated rings. The highest BCUT2D eigenvalue weighted by Crippen LogP contribution is 2.32. The van der Waals surface area contributed by atoms with Gasteiger partial charge in [0, 0.05) is 23.1 Å². The van der Waals surface area contributed by atoms with Gasteiger partial charge in [-0.15, -0.1) is 0 Å². The number of nitrogens with two attached hydrogens (primary N) is 1. The molecule has 1 heterocycles. The number of fused-ring (bicyclic) bond motifs is 1. The van der Waals surface area contributed by atoms with E-state index in [-0.39, 0.29) is 17.5 Å². The highest BCUT2D eigenvalue weighted by atomic mass is 35.5. The lowest BCUT2D eigenvalue weighted by molar-refractivity contribution is 0.444. The SMILES string of the molecule is C=C1C=Cc2c(N=C(N)N(/C=C/O)Cc3ccc(F)c(Cl)c3)cccc2N1.CC. The number of hydrogen-bond donors (Lipinski definition) is 3. The smallest absolute Gasteiger partial charge is 0.201 e. The first-order valence-corrected chi connectivity index (χ1v) is 9.48. The van der Waals surface area contributed by atoms with Gasteiger partial charge in [-0.3, -0.25) is 0 Å². The Balaban J connectivity index is 0.00000145. The zero-order valence-electron chi connectivity index (χ0n) is 16.4. The van der Waals surface area contributed by atoms with E-state index in [1.54, 1.807) is 6.07 Å². The van der Waals surface area contributed by atoms with Crippen molar-refractivity contribution >= 4 is 35.0 Å². The van der Waals surface area contributed by atoms with Crippen LogP contribution in [0.25, 0.3) is 6.08 Å². The van der Waals surface area contributed by atoms with Crippen molar-refractivity contribution < 1.29 is 9.50 Å². The Bertz CT molecular complexity index is 969. The van der Waals surface area contributed by atoms with E-state index in [4.69, 9.17) is 17.3 Å². The Labute approximate surface area is 175 Å². The molecular formula is C22H24ClFN4O. The van der Waals surface area contributed by atoms with Gasteiger partial charge in [-0.1, -0.05) is 44.2 Å². The Morgan fingerprint density at radius 3 is 2.76 bits per heavy atom. The van der Waals surface area contributed by atoms with Crippen molar-refractivity contribution in [3.8, 4) is 0 Å². The zero-order chi connectivity index (χ0) is 21.4. The predicted octanol–water partition coefficient (Wildman–Crippen LogP) is 5.94. The molecule has 0 unspecified atom stereocenters. The number of halogens is 2. The van der Waals surface area contributed by atoms with Crippen molar-refractivity contribution in [1.29, 1.82) is 0 Å². The monoisotopic (exact) mass is 414 g/mol. The summed E-state index contributed by atoms with van der Waals surface area (Å²) in [6.45, 7) is 8.13. The summed E-state index contributed by atoms with van der Waals surface area (Å²) in [6.07, 6.45) is 6.00. The second-order valence-electron chi connectivity index (χ2n) is 5.87. The van der Waals surface area contributed by atoms with Gasteiger partial charge in [-0.05, 0) is 42.0 Å². The van der Waals surface area contributed by atoms with Crippen LogP contribution in [0.15, 0.2) is 72.2 Å². The van der Waals surface area contributed by atoms with Crippen LogP contribution in [0.4, 0.5) is 15.8 Å². The summed E-state index contributed by atoms with van der Waals surface area (Å²) in [5.74, 6) is -0.338. The largest absolute Gasteiger partial charge is 0.514 e. The fraction of sp³-hybridized carbons (Fsp3) is 0.136. The molecular weight excluding hydrogens is 391 g/mol. The molecule has 3 rings (SSSR count). The van der Waals surface area contributed by atoms with Crippen molar-refractivity contribution in [3.63, 3.8) is 0 Å². The number of nitrogens with zero attached hydrogens (tertiary/aromatic N) is 2. The molecule has 152 valence electrons. The predicted molar refractivity (Wildman–Crippen MR) is 120 cm³/mol. The van der Waals surface area contributed by atoms with E-state index >= 15 is 0 Å². The molecule has 1 aliphatic rings. The molecule has 0 aliphatic carbocycles. The summed E-state index contributed by atoms with van der Waals surface area (Å²) in [6, 6.07) is 9.99. The molecule has 1 aliphatic heterocycles. The van der Waals surface area contributed by atoms with E-state index in [0.717, 1.165) is 23.2 Å². The molecule has 29 heavy (non-hydrogen) atoms. The van der Waals surface area contributed by atoms with Crippen LogP contribution in [-0.4, -0.2) is 16.0 Å². The fourth-order valence-electron chi connectivity index (χ4n) is 2.65. The van der Waals surface area contributed by atoms with Crippen molar-refractivity contribution in [2.24, 2.45) is 10.7 Å². The van der Waals surface area contributed by atoms with Crippen LogP contribution in [0.3, 0.4) is 0 Å². The topological polar surface area (TPSA) is 73.9 Å². The molecule has 4 N–H and O–H groups in total. The summed E-state index contributed by atoms with van der Waals surface area (Å²) in [5.41, 5.74) is 10.1. The Morgan fingerprint density at radius 1 is 1.31 bits per heavy atom. The zero-order valence-corrected chi connectivity index (χ0v) is 17.1. The first kappa shape index (κ1) is 22.0. The third kappa shape index (κ3) is 5.62. The van der Waals surface area contributed by atoms with Crippen LogP contribution < -0.4 is 11.1 Å². The number of nitrogens with one attached hydrogen (secondary N) is 1. The van der Waals surface area contributed by atoms with Crippen LogP contribution in [0.1, 0.15) is 25.0 Å². The molecule has 0 radical (unpaired) electrons. The van der Waals surface area contributed by atoms with E-state index < -0.39 is 5.82 Å². The molecule has 0 spiro atoms. The molecule has 5 nitrogen and oxygen atoms in total. The van der Waals surface area contributed by atoms with E-state index in [1.165, 1.54) is 23.2 Å². The number of benzene rings is 2. The average molecular weight is 415 g/mol. The van der Waals surface area contributed by atoms with Gasteiger partial charge >= 0.3 is 0 Å². The molecule has 2 aromatic carbocycles. The van der Waals surface area contributed by atoms with E-state index in [2.05, 4.69) is 16.9 Å². The highest BCUT2D eigenvalue weighted by molar-refractivity contribution is 6.30. The Hall–Kier alpha value is -3.25. The summed E-state index contributed by atoms with van der Waals surface area (Å²) in [7, 11) is 0. The molecule has 7 heteroatoms. The van der Waals surface area contributed by atoms with Crippen molar-refractivity contribution in [1.82, 2.24) is 4.90 Å². The van der Waals surface area contributed by atoms with Crippen molar-refractivity contribution in [3.05, 3.63) is 89.2 Å². The van der Waals surface area contributed by atoms with Gasteiger partial charge in [-0.2, -0.15) is 0 Å². The maximum atomic E-state index is 13.4. The summed E-state index contributed by atoms with van der Waals surface area (Å²) < 4.78 is 13.4. The number of guanidine groups is 1. The molecule has 0 saturated heterocycles. The normalized spacial score (nSPS) is 12.8. The highest BCUT2D eigenvalue weighted by Gasteiger charge is 2.12. The average Bonchev–Trinajstić information content (AvgIpc) is 2.72. The second-order valence-corrected chi connectivity index (χ2v) is 6.27. The first-order valence-electron chi connectivity index (χ1n) is 9.10. The molecule has 0 atom stereocenters. The van der Waals surface area contributed by atoms with Crippen molar-refractivity contribution in [2.75, 3.05) is 5.32 Å². The van der Waals surface area contributed by atoms with Crippen LogP contribution in [0.5, 0.6) is 0 Å². The Kier molecular flexibility index (Phi) is 7.86. The molecule has 0 saturated carbocycles. The van der Waals surface area contributed by atoms with Gasteiger partial charge in [0.1, 0.15) is 5.82 Å². The van der Waals surface area contributed by atoms with Gasteiger partial charge in [0.05, 0.1) is 23.5 Å². The number of aliphatic hydroxyl groups is 1. The van der Waals surface area contributed by atoms with Crippen molar-refractivity contribution in [2.45, 2.75) is 20.4 Å². The lowest BCUT2D eigenvalue weighted by atomic mass is 10.1. The van der Waals surface area contributed by atoms with Crippen LogP contribution in [0.2, 0.25) is 5.02 Å². The van der Waals surface area contributed by atoms with Crippen LogP contribution >= 0.6 is 11.6 Å². The van der Waals surface area contributed by atoms with E-state index in [1.807, 2.05) is 44.2 Å². The summed E-state index contributed by atoms with van der Waals surface area (Å²) in [4.78, 5) is 6.01. The lowest BCUT2D eigenvalue weighted by Crippen LogP contribution is -2.32. The standard InChI is InChI=1S/C20H18ClFN4O.C2H6/c1-13-5-7-15-18(24-13)3-2-4-19(15)25-20(23)26(9-10-27)12-14-6-8-17(22)16(21)11-14;1-2/h2-11,24,27H,1,12H2,(H2,23,25);1-2H3/b10-9+;. The summed E-state index contributed by atoms with van der Waals surface area (Å²) >= 11 is 5.83. The van der Waals surface area contributed by atoms with E-state index in [0.29, 0.717) is 11.3 Å². The molecule has 0 amide bonds. The summed E-state index contributed by atoms with van der Waals surface area (Å²) in [5, 5.41) is 12.4. The van der Waals surface area contributed by atoms with Crippen LogP contribution in [-0.2, 0) is 6.54 Å². The molecule has 0 bridgehead atoms. The second kappa shape index (κ2) is 10.3. The number of hydrogen-bond acceptors (Lipinski definition) is 3. The lowest BCUT2D eigenvalue weighted by Gasteiger charge is -2.20. The third-order valence-electron chi connectivity index (χ3n) is 3.94. The first-order chi connectivity index (χ1) is 14.0. The van der Waals surface area contributed by atoms with Gasteiger partial charge < -0.3 is 21.1 Å². The number of aliphatic imine (C=N–C) groups is 1. The van der Waals surface area contributed by atoms with Gasteiger partial charge in [0.25, 0.3) is 0 Å². The number of anilines is 1. The van der Waals surface area contributed by atoms with Gasteiger partial charge in [0.2, 0.25) is 5.96 Å². The molecule has 0 aromatic heterocycles. The quantitative estimate of drug-likeness (QED) is 0.329. The fourth-order valence-corrected chi connectivity index (χ4v) is 2.85. The maximum absolute atomic E-state index is 13.4. The minimum absolute atomic E-state index is 0.0181.